The summed E-state index contributed by atoms with van der Waals surface area (Å²) in [6.45, 7) is 2.10. The third-order valence-corrected chi connectivity index (χ3v) is 4.74. The van der Waals surface area contributed by atoms with E-state index in [9.17, 15) is 0 Å². The first-order chi connectivity index (χ1) is 13.8. The highest BCUT2D eigenvalue weighted by atomic mass is 14.9. The molecule has 136 valence electrons. The molecule has 1 nitrogen and oxygen atoms in total. The third kappa shape index (κ3) is 4.21. The number of para-hydroxylation sites is 1. The summed E-state index contributed by atoms with van der Waals surface area (Å²) in [4.78, 5) is 0. The molecule has 4 rings (SSSR count). The van der Waals surface area contributed by atoms with Crippen molar-refractivity contribution in [1.82, 2.24) is 0 Å². The van der Waals surface area contributed by atoms with E-state index in [2.05, 4.69) is 121 Å². The van der Waals surface area contributed by atoms with Gasteiger partial charge in [-0.25, -0.2) is 0 Å². The Hall–Kier alpha value is -3.58. The Balaban J connectivity index is 1.81. The lowest BCUT2D eigenvalue weighted by Crippen LogP contribution is -1.97. The lowest BCUT2D eigenvalue weighted by molar-refractivity contribution is 1.44. The van der Waals surface area contributed by atoms with E-state index in [1.165, 1.54) is 27.8 Å². The third-order valence-electron chi connectivity index (χ3n) is 4.74. The van der Waals surface area contributed by atoms with Crippen molar-refractivity contribution >= 4 is 23.0 Å². The molecule has 4 aromatic rings. The topological polar surface area (TPSA) is 12.0 Å². The Morgan fingerprint density at radius 2 is 1.25 bits per heavy atom. The predicted octanol–water partition coefficient (Wildman–Crippen LogP) is 7.33. The van der Waals surface area contributed by atoms with E-state index in [-0.39, 0.29) is 0 Å². The van der Waals surface area contributed by atoms with Gasteiger partial charge in [0.05, 0.1) is 0 Å². The van der Waals surface area contributed by atoms with Crippen LogP contribution in [0.5, 0.6) is 0 Å². The molecule has 0 aromatic heterocycles. The number of anilines is 2. The molecule has 0 fully saturated rings. The Morgan fingerprint density at radius 1 is 0.643 bits per heavy atom. The van der Waals surface area contributed by atoms with Crippen molar-refractivity contribution < 1.29 is 0 Å². The number of hydrogen-bond acceptors (Lipinski definition) is 1. The van der Waals surface area contributed by atoms with Crippen molar-refractivity contribution in [2.75, 3.05) is 5.32 Å². The summed E-state index contributed by atoms with van der Waals surface area (Å²) in [5.41, 5.74) is 8.20. The molecule has 0 unspecified atom stereocenters. The van der Waals surface area contributed by atoms with Crippen LogP contribution in [0.3, 0.4) is 0 Å². The summed E-state index contributed by atoms with van der Waals surface area (Å²) >= 11 is 0. The molecule has 4 aromatic carbocycles. The molecule has 1 N–H and O–H groups in total. The average molecular weight is 361 g/mol. The number of rotatable bonds is 5. The van der Waals surface area contributed by atoms with Gasteiger partial charge in [-0.15, -0.1) is 0 Å². The van der Waals surface area contributed by atoms with Crippen molar-refractivity contribution in [3.8, 4) is 0 Å². The van der Waals surface area contributed by atoms with Crippen molar-refractivity contribution in [3.63, 3.8) is 0 Å². The van der Waals surface area contributed by atoms with Crippen molar-refractivity contribution in [1.29, 1.82) is 0 Å². The van der Waals surface area contributed by atoms with Gasteiger partial charge in [0.15, 0.2) is 0 Å². The van der Waals surface area contributed by atoms with Gasteiger partial charge in [0, 0.05) is 16.9 Å². The normalized spacial score (nSPS) is 11.2. The zero-order chi connectivity index (χ0) is 19.2. The van der Waals surface area contributed by atoms with Crippen molar-refractivity contribution in [3.05, 3.63) is 131 Å². The lowest BCUT2D eigenvalue weighted by Gasteiger charge is -2.16. The minimum Gasteiger partial charge on any atom is -0.355 e. The van der Waals surface area contributed by atoms with E-state index in [0.29, 0.717) is 0 Å². The van der Waals surface area contributed by atoms with Crippen LogP contribution in [0.2, 0.25) is 0 Å². The van der Waals surface area contributed by atoms with Crippen LogP contribution >= 0.6 is 0 Å². The van der Waals surface area contributed by atoms with Crippen LogP contribution in [-0.4, -0.2) is 0 Å². The van der Waals surface area contributed by atoms with Crippen LogP contribution in [0.1, 0.15) is 22.3 Å². The van der Waals surface area contributed by atoms with Gasteiger partial charge >= 0.3 is 0 Å². The number of hydrogen-bond donors (Lipinski definition) is 1. The van der Waals surface area contributed by atoms with Crippen LogP contribution < -0.4 is 5.32 Å². The first kappa shape index (κ1) is 17.8. The Labute approximate surface area is 167 Å². The summed E-state index contributed by atoms with van der Waals surface area (Å²) in [5.74, 6) is 0. The van der Waals surface area contributed by atoms with E-state index in [4.69, 9.17) is 0 Å². The SMILES string of the molecule is Cc1ccc(Nc2ccccc2C(=Cc2ccccc2)c2ccccc2)cc1. The summed E-state index contributed by atoms with van der Waals surface area (Å²) in [5, 5.41) is 3.59. The molecule has 0 amide bonds. The predicted molar refractivity (Wildman–Crippen MR) is 121 cm³/mol. The fraction of sp³-hybridized carbons (Fsp3) is 0.0370. The number of aryl methyl sites for hydroxylation is 1. The van der Waals surface area contributed by atoms with Gasteiger partial charge in [0.1, 0.15) is 0 Å². The second-order valence-corrected chi connectivity index (χ2v) is 6.87. The van der Waals surface area contributed by atoms with Gasteiger partial charge < -0.3 is 5.32 Å². The molecule has 0 aliphatic heterocycles. The van der Waals surface area contributed by atoms with E-state index in [1.807, 2.05) is 6.07 Å². The first-order valence-electron chi connectivity index (χ1n) is 9.55. The first-order valence-corrected chi connectivity index (χ1v) is 9.55. The molecule has 0 radical (unpaired) electrons. The van der Waals surface area contributed by atoms with Crippen LogP contribution in [0.25, 0.3) is 11.6 Å². The maximum absolute atomic E-state index is 3.59. The van der Waals surface area contributed by atoms with E-state index in [1.54, 1.807) is 0 Å². The molecule has 0 saturated carbocycles. The molecule has 0 aliphatic carbocycles. The Kier molecular flexibility index (Phi) is 5.35. The van der Waals surface area contributed by atoms with E-state index in [0.717, 1.165) is 11.4 Å². The van der Waals surface area contributed by atoms with Gasteiger partial charge in [-0.05, 0) is 47.9 Å². The lowest BCUT2D eigenvalue weighted by atomic mass is 9.94. The fourth-order valence-corrected chi connectivity index (χ4v) is 3.27. The van der Waals surface area contributed by atoms with Crippen LogP contribution in [-0.2, 0) is 0 Å². The van der Waals surface area contributed by atoms with Gasteiger partial charge in [-0.1, -0.05) is 96.6 Å². The number of nitrogens with one attached hydrogen (secondary N) is 1. The average Bonchev–Trinajstić information content (AvgIpc) is 2.76. The monoisotopic (exact) mass is 361 g/mol. The standard InChI is InChI=1S/C27H23N/c1-21-16-18-24(19-17-21)28-27-15-9-8-14-25(27)26(23-12-6-3-7-13-23)20-22-10-4-2-5-11-22/h2-20,28H,1H3. The molecular weight excluding hydrogens is 338 g/mol. The zero-order valence-corrected chi connectivity index (χ0v) is 16.0. The number of benzene rings is 4. The van der Waals surface area contributed by atoms with Crippen molar-refractivity contribution in [2.24, 2.45) is 0 Å². The minimum atomic E-state index is 1.09. The summed E-state index contributed by atoms with van der Waals surface area (Å²) in [6, 6.07) is 38.0. The second-order valence-electron chi connectivity index (χ2n) is 6.87. The fourth-order valence-electron chi connectivity index (χ4n) is 3.27. The molecule has 1 heteroatoms. The van der Waals surface area contributed by atoms with E-state index < -0.39 is 0 Å². The minimum absolute atomic E-state index is 1.09. The summed E-state index contributed by atoms with van der Waals surface area (Å²) in [6.07, 6.45) is 2.25. The summed E-state index contributed by atoms with van der Waals surface area (Å²) < 4.78 is 0. The van der Waals surface area contributed by atoms with Gasteiger partial charge in [-0.3, -0.25) is 0 Å². The molecular formula is C27H23N. The van der Waals surface area contributed by atoms with E-state index >= 15 is 0 Å². The van der Waals surface area contributed by atoms with Crippen LogP contribution in [0.15, 0.2) is 109 Å². The maximum atomic E-state index is 3.59. The quantitative estimate of drug-likeness (QED) is 0.367. The van der Waals surface area contributed by atoms with Crippen LogP contribution in [0.4, 0.5) is 11.4 Å². The maximum Gasteiger partial charge on any atom is 0.0464 e. The van der Waals surface area contributed by atoms with Gasteiger partial charge in [-0.2, -0.15) is 0 Å². The molecule has 0 spiro atoms. The largest absolute Gasteiger partial charge is 0.355 e. The molecule has 0 atom stereocenters. The molecule has 0 heterocycles. The highest BCUT2D eigenvalue weighted by molar-refractivity contribution is 5.96. The Bertz CT molecular complexity index is 1060. The van der Waals surface area contributed by atoms with Gasteiger partial charge in [0.25, 0.3) is 0 Å². The highest BCUT2D eigenvalue weighted by Crippen LogP contribution is 2.33. The molecule has 28 heavy (non-hydrogen) atoms. The second kappa shape index (κ2) is 8.41. The smallest absolute Gasteiger partial charge is 0.0464 e. The molecule has 0 bridgehead atoms. The van der Waals surface area contributed by atoms with Gasteiger partial charge in [0.2, 0.25) is 0 Å². The summed E-state index contributed by atoms with van der Waals surface area (Å²) in [7, 11) is 0. The molecule has 0 aliphatic rings. The van der Waals surface area contributed by atoms with Crippen LogP contribution in [0, 0.1) is 6.92 Å². The zero-order valence-electron chi connectivity index (χ0n) is 16.0. The highest BCUT2D eigenvalue weighted by Gasteiger charge is 2.10. The van der Waals surface area contributed by atoms with Crippen molar-refractivity contribution in [2.45, 2.75) is 6.92 Å². The molecule has 0 saturated heterocycles. The Morgan fingerprint density at radius 3 is 1.96 bits per heavy atom.